The zero-order valence-corrected chi connectivity index (χ0v) is 15.3. The SMILES string of the molecule is CN(C)C(=NCC1(OCCO)CCOCC1)N(C)C.I. The highest BCUT2D eigenvalue weighted by atomic mass is 127. The molecule has 6 nitrogen and oxygen atoms in total. The van der Waals surface area contributed by atoms with Crippen LogP contribution >= 0.6 is 24.0 Å². The van der Waals surface area contributed by atoms with Gasteiger partial charge < -0.3 is 24.4 Å². The largest absolute Gasteiger partial charge is 0.394 e. The van der Waals surface area contributed by atoms with Crippen molar-refractivity contribution >= 4 is 29.9 Å². The van der Waals surface area contributed by atoms with E-state index >= 15 is 0 Å². The van der Waals surface area contributed by atoms with Crippen molar-refractivity contribution in [3.63, 3.8) is 0 Å². The average molecular weight is 401 g/mol. The number of halogens is 1. The molecule has 1 N–H and O–H groups in total. The van der Waals surface area contributed by atoms with E-state index < -0.39 is 0 Å². The number of guanidine groups is 1. The Kier molecular flexibility index (Phi) is 9.69. The molecule has 0 bridgehead atoms. The van der Waals surface area contributed by atoms with Gasteiger partial charge in [0.1, 0.15) is 0 Å². The third-order valence-electron chi connectivity index (χ3n) is 3.21. The number of hydrogen-bond acceptors (Lipinski definition) is 4. The van der Waals surface area contributed by atoms with Crippen LogP contribution < -0.4 is 0 Å². The summed E-state index contributed by atoms with van der Waals surface area (Å²) in [7, 11) is 7.91. The summed E-state index contributed by atoms with van der Waals surface area (Å²) in [6.45, 7) is 2.39. The van der Waals surface area contributed by atoms with Crippen molar-refractivity contribution in [2.24, 2.45) is 4.99 Å². The Balaban J connectivity index is 0.00000361. The molecule has 1 heterocycles. The minimum atomic E-state index is -0.293. The fraction of sp³-hybridized carbons (Fsp3) is 0.923. The highest BCUT2D eigenvalue weighted by molar-refractivity contribution is 14.0. The van der Waals surface area contributed by atoms with Crippen LogP contribution in [-0.4, -0.2) is 87.6 Å². The third-order valence-corrected chi connectivity index (χ3v) is 3.21. The zero-order chi connectivity index (χ0) is 14.3. The van der Waals surface area contributed by atoms with E-state index in [2.05, 4.69) is 4.99 Å². The minimum Gasteiger partial charge on any atom is -0.394 e. The van der Waals surface area contributed by atoms with Gasteiger partial charge in [-0.3, -0.25) is 0 Å². The van der Waals surface area contributed by atoms with Gasteiger partial charge in [0.2, 0.25) is 0 Å². The molecule has 0 aromatic heterocycles. The highest BCUT2D eigenvalue weighted by Gasteiger charge is 2.33. The molecule has 1 saturated heterocycles. The van der Waals surface area contributed by atoms with Crippen molar-refractivity contribution in [2.45, 2.75) is 18.4 Å². The smallest absolute Gasteiger partial charge is 0.195 e. The second-order valence-electron chi connectivity index (χ2n) is 5.27. The van der Waals surface area contributed by atoms with Crippen LogP contribution in [0.25, 0.3) is 0 Å². The molecular weight excluding hydrogens is 373 g/mol. The molecule has 0 aliphatic carbocycles. The molecule has 1 fully saturated rings. The predicted octanol–water partition coefficient (Wildman–Crippen LogP) is 0.642. The van der Waals surface area contributed by atoms with Gasteiger partial charge in [0.05, 0.1) is 25.4 Å². The van der Waals surface area contributed by atoms with Crippen LogP contribution in [0.5, 0.6) is 0 Å². The second-order valence-corrected chi connectivity index (χ2v) is 5.27. The molecule has 1 rings (SSSR count). The molecule has 0 aromatic carbocycles. The van der Waals surface area contributed by atoms with E-state index in [-0.39, 0.29) is 36.2 Å². The minimum absolute atomic E-state index is 0. The monoisotopic (exact) mass is 401 g/mol. The summed E-state index contributed by atoms with van der Waals surface area (Å²) in [5.74, 6) is 0.915. The third kappa shape index (κ3) is 6.11. The average Bonchev–Trinajstić information content (AvgIpc) is 2.37. The Hall–Kier alpha value is -0.120. The van der Waals surface area contributed by atoms with Crippen LogP contribution in [0.2, 0.25) is 0 Å². The van der Waals surface area contributed by atoms with E-state index in [9.17, 15) is 0 Å². The molecule has 0 saturated carbocycles. The van der Waals surface area contributed by atoms with Crippen LogP contribution in [-0.2, 0) is 9.47 Å². The zero-order valence-electron chi connectivity index (χ0n) is 13.0. The number of hydrogen-bond donors (Lipinski definition) is 1. The lowest BCUT2D eigenvalue weighted by molar-refractivity contribution is -0.111. The van der Waals surface area contributed by atoms with Crippen molar-refractivity contribution in [2.75, 3.05) is 61.2 Å². The molecular formula is C13H28IN3O3. The fourth-order valence-electron chi connectivity index (χ4n) is 2.25. The Bertz CT molecular complexity index is 283. The molecule has 0 unspecified atom stereocenters. The Labute approximate surface area is 139 Å². The van der Waals surface area contributed by atoms with Gasteiger partial charge in [-0.05, 0) is 0 Å². The number of aliphatic imine (C=N–C) groups is 1. The Morgan fingerprint density at radius 2 is 1.75 bits per heavy atom. The summed E-state index contributed by atoms with van der Waals surface area (Å²) in [5.41, 5.74) is -0.293. The topological polar surface area (TPSA) is 57.5 Å². The van der Waals surface area contributed by atoms with Crippen LogP contribution in [0.3, 0.4) is 0 Å². The first-order valence-electron chi connectivity index (χ1n) is 6.72. The van der Waals surface area contributed by atoms with Crippen molar-refractivity contribution in [3.8, 4) is 0 Å². The molecule has 0 radical (unpaired) electrons. The number of nitrogens with zero attached hydrogens (tertiary/aromatic N) is 3. The van der Waals surface area contributed by atoms with E-state index in [0.717, 1.165) is 18.8 Å². The molecule has 0 spiro atoms. The van der Waals surface area contributed by atoms with E-state index in [0.29, 0.717) is 26.4 Å². The van der Waals surface area contributed by atoms with E-state index in [1.807, 2.05) is 38.0 Å². The molecule has 0 aromatic rings. The summed E-state index contributed by atoms with van der Waals surface area (Å²) < 4.78 is 11.3. The standard InChI is InChI=1S/C13H27N3O3.HI/c1-15(2)12(16(3)4)14-11-13(19-10-7-17)5-8-18-9-6-13;/h17H,5-11H2,1-4H3;1H. The van der Waals surface area contributed by atoms with Crippen LogP contribution in [0.1, 0.15) is 12.8 Å². The molecule has 1 aliphatic rings. The first kappa shape index (κ1) is 19.9. The first-order chi connectivity index (χ1) is 9.01. The molecule has 0 atom stereocenters. The van der Waals surface area contributed by atoms with Gasteiger partial charge in [-0.2, -0.15) is 0 Å². The van der Waals surface area contributed by atoms with Gasteiger partial charge in [0.15, 0.2) is 5.96 Å². The summed E-state index contributed by atoms with van der Waals surface area (Å²) in [4.78, 5) is 8.65. The van der Waals surface area contributed by atoms with Gasteiger partial charge in [-0.1, -0.05) is 0 Å². The Morgan fingerprint density at radius 3 is 2.20 bits per heavy atom. The summed E-state index contributed by atoms with van der Waals surface area (Å²) in [6.07, 6.45) is 1.65. The van der Waals surface area contributed by atoms with Gasteiger partial charge in [-0.25, -0.2) is 4.99 Å². The second kappa shape index (κ2) is 9.75. The van der Waals surface area contributed by atoms with Crippen molar-refractivity contribution in [3.05, 3.63) is 0 Å². The van der Waals surface area contributed by atoms with Crippen molar-refractivity contribution in [1.29, 1.82) is 0 Å². The van der Waals surface area contributed by atoms with Crippen molar-refractivity contribution in [1.82, 2.24) is 9.80 Å². The molecule has 7 heteroatoms. The maximum absolute atomic E-state index is 8.96. The predicted molar refractivity (Wildman–Crippen MR) is 90.9 cm³/mol. The summed E-state index contributed by atoms with van der Waals surface area (Å²) in [5, 5.41) is 8.96. The van der Waals surface area contributed by atoms with Crippen LogP contribution in [0, 0.1) is 0 Å². The van der Waals surface area contributed by atoms with Crippen LogP contribution in [0.15, 0.2) is 4.99 Å². The van der Waals surface area contributed by atoms with E-state index in [1.165, 1.54) is 0 Å². The van der Waals surface area contributed by atoms with Gasteiger partial charge in [0.25, 0.3) is 0 Å². The fourth-order valence-corrected chi connectivity index (χ4v) is 2.25. The summed E-state index contributed by atoms with van der Waals surface area (Å²) in [6, 6.07) is 0. The molecule has 20 heavy (non-hydrogen) atoms. The van der Waals surface area contributed by atoms with Crippen LogP contribution in [0.4, 0.5) is 0 Å². The normalized spacial score (nSPS) is 17.1. The van der Waals surface area contributed by atoms with Gasteiger partial charge in [0, 0.05) is 54.2 Å². The molecule has 120 valence electrons. The maximum Gasteiger partial charge on any atom is 0.195 e. The highest BCUT2D eigenvalue weighted by Crippen LogP contribution is 2.25. The number of aliphatic hydroxyl groups is 1. The quantitative estimate of drug-likeness (QED) is 0.417. The maximum atomic E-state index is 8.96. The van der Waals surface area contributed by atoms with E-state index in [1.54, 1.807) is 0 Å². The van der Waals surface area contributed by atoms with Gasteiger partial charge >= 0.3 is 0 Å². The number of aliphatic hydroxyl groups excluding tert-OH is 1. The lowest BCUT2D eigenvalue weighted by Gasteiger charge is -2.36. The Morgan fingerprint density at radius 1 is 1.20 bits per heavy atom. The lowest BCUT2D eigenvalue weighted by atomic mass is 9.94. The van der Waals surface area contributed by atoms with Crippen molar-refractivity contribution < 1.29 is 14.6 Å². The summed E-state index contributed by atoms with van der Waals surface area (Å²) >= 11 is 0. The van der Waals surface area contributed by atoms with Gasteiger partial charge in [-0.15, -0.1) is 24.0 Å². The first-order valence-corrected chi connectivity index (χ1v) is 6.72. The molecule has 0 amide bonds. The molecule has 1 aliphatic heterocycles. The number of rotatable bonds is 5. The lowest BCUT2D eigenvalue weighted by Crippen LogP contribution is -2.44. The number of ether oxygens (including phenoxy) is 2. The van der Waals surface area contributed by atoms with E-state index in [4.69, 9.17) is 14.6 Å².